The number of aromatic hydroxyl groups is 1. The van der Waals surface area contributed by atoms with Crippen molar-refractivity contribution in [1.29, 1.82) is 0 Å². The summed E-state index contributed by atoms with van der Waals surface area (Å²) in [6, 6.07) is 8.36. The Morgan fingerprint density at radius 2 is 1.96 bits per heavy atom. The van der Waals surface area contributed by atoms with E-state index in [9.17, 15) is 9.67 Å². The van der Waals surface area contributed by atoms with Gasteiger partial charge in [-0.15, -0.1) is 0 Å². The van der Waals surface area contributed by atoms with Gasteiger partial charge >= 0.3 is 7.60 Å². The van der Waals surface area contributed by atoms with Crippen molar-refractivity contribution in [3.63, 3.8) is 0 Å². The highest BCUT2D eigenvalue weighted by Gasteiger charge is 2.49. The largest absolute Gasteiger partial charge is 0.504 e. The molecule has 1 heterocycles. The number of phenols is 1. The highest BCUT2D eigenvalue weighted by Crippen LogP contribution is 2.66. The van der Waals surface area contributed by atoms with Gasteiger partial charge in [-0.25, -0.2) is 4.57 Å². The second-order valence-corrected chi connectivity index (χ2v) is 8.36. The molecule has 0 aliphatic carbocycles. The lowest BCUT2D eigenvalue weighted by atomic mass is 9.97. The standard InChI is InChI=1S/C19H26NO5P/c1-5-19(4,15-10-11-17(21)18(13-15)23-6-2)26(22,24-7-3)25-16-9-8-12-20-14-16/h8-14,21H,5-7H2,1-4H3. The molecule has 2 unspecified atom stereocenters. The summed E-state index contributed by atoms with van der Waals surface area (Å²) in [5.41, 5.74) is 0.710. The maximum Gasteiger partial charge on any atom is 0.389 e. The van der Waals surface area contributed by atoms with E-state index < -0.39 is 12.8 Å². The van der Waals surface area contributed by atoms with Gasteiger partial charge in [-0.1, -0.05) is 13.0 Å². The van der Waals surface area contributed by atoms with Crippen LogP contribution in [0.15, 0.2) is 42.7 Å². The molecular weight excluding hydrogens is 353 g/mol. The van der Waals surface area contributed by atoms with Gasteiger partial charge < -0.3 is 14.4 Å². The molecule has 142 valence electrons. The van der Waals surface area contributed by atoms with Gasteiger partial charge in [0, 0.05) is 6.20 Å². The molecule has 2 rings (SSSR count). The van der Waals surface area contributed by atoms with Crippen molar-refractivity contribution in [3.05, 3.63) is 48.3 Å². The molecule has 2 atom stereocenters. The van der Waals surface area contributed by atoms with Gasteiger partial charge in [0.05, 0.1) is 19.4 Å². The van der Waals surface area contributed by atoms with Gasteiger partial charge in [-0.2, -0.15) is 0 Å². The van der Waals surface area contributed by atoms with Crippen molar-refractivity contribution < 1.29 is 23.5 Å². The first-order valence-corrected chi connectivity index (χ1v) is 10.2. The van der Waals surface area contributed by atoms with E-state index in [4.69, 9.17) is 13.8 Å². The van der Waals surface area contributed by atoms with E-state index >= 15 is 0 Å². The Labute approximate surface area is 154 Å². The monoisotopic (exact) mass is 379 g/mol. The first kappa shape index (κ1) is 20.3. The van der Waals surface area contributed by atoms with E-state index in [-0.39, 0.29) is 12.4 Å². The third kappa shape index (κ3) is 4.02. The number of pyridine rings is 1. The van der Waals surface area contributed by atoms with Crippen LogP contribution in [0.1, 0.15) is 39.7 Å². The molecule has 0 spiro atoms. The number of rotatable bonds is 9. The summed E-state index contributed by atoms with van der Waals surface area (Å²) < 4.78 is 30.8. The zero-order valence-corrected chi connectivity index (χ0v) is 16.5. The van der Waals surface area contributed by atoms with Crippen molar-refractivity contribution >= 4 is 7.60 Å². The molecule has 0 amide bonds. The lowest BCUT2D eigenvalue weighted by Crippen LogP contribution is -2.25. The minimum absolute atomic E-state index is 0.0356. The van der Waals surface area contributed by atoms with Gasteiger partial charge in [-0.05, 0) is 57.0 Å². The van der Waals surface area contributed by atoms with E-state index in [1.165, 1.54) is 12.3 Å². The Hall–Kier alpha value is -2.04. The molecule has 0 aliphatic rings. The van der Waals surface area contributed by atoms with Crippen LogP contribution in [0.5, 0.6) is 17.2 Å². The van der Waals surface area contributed by atoms with Crippen LogP contribution in [0.3, 0.4) is 0 Å². The quantitative estimate of drug-likeness (QED) is 0.609. The zero-order valence-electron chi connectivity index (χ0n) is 15.6. The molecule has 6 nitrogen and oxygen atoms in total. The maximum atomic E-state index is 13.8. The third-order valence-electron chi connectivity index (χ3n) is 4.33. The van der Waals surface area contributed by atoms with Crippen molar-refractivity contribution in [3.8, 4) is 17.2 Å². The molecule has 2 aromatic rings. The van der Waals surface area contributed by atoms with Crippen LogP contribution < -0.4 is 9.26 Å². The number of hydrogen-bond donors (Lipinski definition) is 1. The number of hydrogen-bond acceptors (Lipinski definition) is 6. The third-order valence-corrected chi connectivity index (χ3v) is 7.17. The lowest BCUT2D eigenvalue weighted by Gasteiger charge is -2.35. The Balaban J connectivity index is 2.52. The molecule has 0 saturated carbocycles. The predicted molar refractivity (Wildman–Crippen MR) is 101 cm³/mol. The normalized spacial score (nSPS) is 15.7. The number of nitrogens with zero attached hydrogens (tertiary/aromatic N) is 1. The Bertz CT molecular complexity index is 768. The minimum Gasteiger partial charge on any atom is -0.504 e. The molecule has 1 aromatic heterocycles. The summed E-state index contributed by atoms with van der Waals surface area (Å²) in [5.74, 6) is 0.760. The van der Waals surface area contributed by atoms with Gasteiger partial charge in [0.25, 0.3) is 0 Å². The fraction of sp³-hybridized carbons (Fsp3) is 0.421. The first-order valence-electron chi connectivity index (χ1n) is 8.70. The van der Waals surface area contributed by atoms with E-state index in [0.717, 1.165) is 0 Å². The highest BCUT2D eigenvalue weighted by molar-refractivity contribution is 7.55. The zero-order chi connectivity index (χ0) is 19.2. The molecule has 0 aliphatic heterocycles. The van der Waals surface area contributed by atoms with Crippen LogP contribution in [0.4, 0.5) is 0 Å². The Kier molecular flexibility index (Phi) is 6.68. The molecule has 26 heavy (non-hydrogen) atoms. The summed E-state index contributed by atoms with van der Waals surface area (Å²) in [4.78, 5) is 4.00. The number of ether oxygens (including phenoxy) is 1. The molecule has 1 aromatic carbocycles. The van der Waals surface area contributed by atoms with E-state index in [0.29, 0.717) is 30.1 Å². The SMILES string of the molecule is CCOc1cc(C(C)(CC)P(=O)(OCC)Oc2cccnc2)ccc1O. The summed E-state index contributed by atoms with van der Waals surface area (Å²) in [7, 11) is -3.62. The predicted octanol–water partition coefficient (Wildman–Crippen LogP) is 5.12. The Morgan fingerprint density at radius 1 is 1.19 bits per heavy atom. The summed E-state index contributed by atoms with van der Waals surface area (Å²) in [6.07, 6.45) is 3.62. The Morgan fingerprint density at radius 3 is 2.54 bits per heavy atom. The van der Waals surface area contributed by atoms with Crippen LogP contribution in [-0.4, -0.2) is 23.3 Å². The average Bonchev–Trinajstić information content (AvgIpc) is 2.64. The van der Waals surface area contributed by atoms with Gasteiger partial charge in [-0.3, -0.25) is 9.51 Å². The summed E-state index contributed by atoms with van der Waals surface area (Å²) in [5, 5.41) is 9.05. The van der Waals surface area contributed by atoms with Crippen molar-refractivity contribution in [2.24, 2.45) is 0 Å². The maximum absolute atomic E-state index is 13.8. The highest BCUT2D eigenvalue weighted by atomic mass is 31.2. The molecular formula is C19H26NO5P. The van der Waals surface area contributed by atoms with Gasteiger partial charge in [0.15, 0.2) is 11.5 Å². The summed E-state index contributed by atoms with van der Waals surface area (Å²) >= 11 is 0. The van der Waals surface area contributed by atoms with Crippen LogP contribution in [0.2, 0.25) is 0 Å². The van der Waals surface area contributed by atoms with Crippen LogP contribution in [0.25, 0.3) is 0 Å². The van der Waals surface area contributed by atoms with Crippen LogP contribution >= 0.6 is 7.60 Å². The van der Waals surface area contributed by atoms with Crippen molar-refractivity contribution in [2.75, 3.05) is 13.2 Å². The van der Waals surface area contributed by atoms with Crippen molar-refractivity contribution in [1.82, 2.24) is 4.98 Å². The number of aromatic nitrogens is 1. The molecule has 7 heteroatoms. The fourth-order valence-corrected chi connectivity index (χ4v) is 4.76. The van der Waals surface area contributed by atoms with E-state index in [1.807, 2.05) is 20.8 Å². The molecule has 0 bridgehead atoms. The van der Waals surface area contributed by atoms with Crippen molar-refractivity contribution in [2.45, 2.75) is 39.3 Å². The second kappa shape index (κ2) is 8.56. The van der Waals surface area contributed by atoms with Gasteiger partial charge in [0.1, 0.15) is 10.9 Å². The number of phenolic OH excluding ortho intramolecular Hbond substituents is 1. The molecule has 0 radical (unpaired) electrons. The van der Waals surface area contributed by atoms with Gasteiger partial charge in [0.2, 0.25) is 0 Å². The van der Waals surface area contributed by atoms with Crippen LogP contribution in [-0.2, 0) is 14.2 Å². The second-order valence-electron chi connectivity index (χ2n) is 5.94. The topological polar surface area (TPSA) is 77.9 Å². The van der Waals surface area contributed by atoms with E-state index in [1.54, 1.807) is 37.4 Å². The molecule has 1 N–H and O–H groups in total. The smallest absolute Gasteiger partial charge is 0.389 e. The van der Waals surface area contributed by atoms with E-state index in [2.05, 4.69) is 4.98 Å². The first-order chi connectivity index (χ1) is 12.4. The number of benzene rings is 1. The summed E-state index contributed by atoms with van der Waals surface area (Å²) in [6.45, 7) is 8.02. The molecule has 0 fully saturated rings. The fourth-order valence-electron chi connectivity index (χ4n) is 2.66. The minimum atomic E-state index is -3.62. The average molecular weight is 379 g/mol. The molecule has 0 saturated heterocycles. The van der Waals surface area contributed by atoms with Crippen LogP contribution in [0, 0.1) is 0 Å². The lowest BCUT2D eigenvalue weighted by molar-refractivity contribution is 0.251.